The van der Waals surface area contributed by atoms with Gasteiger partial charge in [-0.1, -0.05) is 23.7 Å². The van der Waals surface area contributed by atoms with Gasteiger partial charge < -0.3 is 15.5 Å². The fourth-order valence-electron chi connectivity index (χ4n) is 4.39. The first-order chi connectivity index (χ1) is 13.5. The molecule has 1 aliphatic rings. The smallest absolute Gasteiger partial charge is 0.174 e. The molecule has 4 nitrogen and oxygen atoms in total. The Hall–Kier alpha value is -1.69. The molecule has 0 unspecified atom stereocenters. The van der Waals surface area contributed by atoms with Crippen molar-refractivity contribution in [3.63, 3.8) is 0 Å². The second kappa shape index (κ2) is 8.58. The highest BCUT2D eigenvalue weighted by molar-refractivity contribution is 7.80. The maximum Gasteiger partial charge on any atom is 0.174 e. The van der Waals surface area contributed by atoms with Gasteiger partial charge in [0.05, 0.1) is 12.2 Å². The van der Waals surface area contributed by atoms with Gasteiger partial charge in [0.15, 0.2) is 5.11 Å². The predicted molar refractivity (Wildman–Crippen MR) is 127 cm³/mol. The first kappa shape index (κ1) is 22.0. The van der Waals surface area contributed by atoms with Crippen LogP contribution >= 0.6 is 23.8 Å². The summed E-state index contributed by atoms with van der Waals surface area (Å²) in [6.07, 6.45) is 3.83. The lowest BCUT2D eigenvalue weighted by atomic mass is 9.79. The molecule has 2 aromatic rings. The average molecular weight is 431 g/mol. The van der Waals surface area contributed by atoms with Crippen molar-refractivity contribution >= 4 is 34.6 Å². The molecule has 3 rings (SSSR count). The lowest BCUT2D eigenvalue weighted by Crippen LogP contribution is -2.63. The molecule has 1 fully saturated rings. The Bertz CT molecular complexity index is 850. The largest absolute Gasteiger partial charge is 0.340 e. The Balaban J connectivity index is 1.87. The van der Waals surface area contributed by atoms with Gasteiger partial charge in [-0.3, -0.25) is 4.98 Å². The highest BCUT2D eigenvalue weighted by Gasteiger charge is 2.40. The normalized spacial score (nSPS) is 18.3. The summed E-state index contributed by atoms with van der Waals surface area (Å²) in [7, 11) is 0. The molecule has 0 aliphatic carbocycles. The maximum atomic E-state index is 6.31. The number of hydrogen-bond donors (Lipinski definition) is 2. The number of anilines is 1. The lowest BCUT2D eigenvalue weighted by molar-refractivity contribution is 0.101. The summed E-state index contributed by atoms with van der Waals surface area (Å²) in [5.74, 6) is 0. The van der Waals surface area contributed by atoms with E-state index in [0.717, 1.165) is 34.8 Å². The topological polar surface area (TPSA) is 40.2 Å². The third-order valence-corrected chi connectivity index (χ3v) is 6.10. The number of halogens is 1. The quantitative estimate of drug-likeness (QED) is 0.622. The summed E-state index contributed by atoms with van der Waals surface area (Å²) >= 11 is 12.2. The molecule has 156 valence electrons. The predicted octanol–water partition coefficient (Wildman–Crippen LogP) is 5.55. The van der Waals surface area contributed by atoms with Gasteiger partial charge in [0.2, 0.25) is 0 Å². The van der Waals surface area contributed by atoms with Gasteiger partial charge in [-0.15, -0.1) is 0 Å². The van der Waals surface area contributed by atoms with Crippen LogP contribution in [-0.4, -0.2) is 32.1 Å². The molecule has 0 radical (unpaired) electrons. The highest BCUT2D eigenvalue weighted by atomic mass is 35.5. The van der Waals surface area contributed by atoms with Gasteiger partial charge in [-0.2, -0.15) is 0 Å². The van der Waals surface area contributed by atoms with E-state index in [9.17, 15) is 0 Å². The van der Waals surface area contributed by atoms with Crippen molar-refractivity contribution in [2.24, 2.45) is 0 Å². The fraction of sp³-hybridized carbons (Fsp3) is 0.478. The van der Waals surface area contributed by atoms with E-state index >= 15 is 0 Å². The van der Waals surface area contributed by atoms with E-state index in [1.54, 1.807) is 0 Å². The number of aryl methyl sites for hydroxylation is 1. The zero-order valence-corrected chi connectivity index (χ0v) is 19.5. The summed E-state index contributed by atoms with van der Waals surface area (Å²) in [4.78, 5) is 6.82. The molecule has 1 saturated heterocycles. The van der Waals surface area contributed by atoms with E-state index < -0.39 is 0 Å². The van der Waals surface area contributed by atoms with Crippen LogP contribution in [0.4, 0.5) is 5.69 Å². The van der Waals surface area contributed by atoms with Crippen LogP contribution in [0.25, 0.3) is 0 Å². The fourth-order valence-corrected chi connectivity index (χ4v) is 4.90. The van der Waals surface area contributed by atoms with Crippen molar-refractivity contribution in [2.75, 3.05) is 5.32 Å². The number of nitrogens with one attached hydrogen (secondary N) is 2. The number of aromatic nitrogens is 1. The van der Waals surface area contributed by atoms with E-state index in [1.807, 2.05) is 43.5 Å². The number of pyridine rings is 1. The Labute approximate surface area is 185 Å². The zero-order valence-electron chi connectivity index (χ0n) is 17.9. The molecular formula is C23H31ClN4S. The Morgan fingerprint density at radius 1 is 1.21 bits per heavy atom. The third kappa shape index (κ3) is 5.91. The first-order valence-electron chi connectivity index (χ1n) is 10.1. The van der Waals surface area contributed by atoms with Crippen molar-refractivity contribution in [2.45, 2.75) is 71.1 Å². The molecule has 0 bridgehead atoms. The van der Waals surface area contributed by atoms with Crippen molar-refractivity contribution < 1.29 is 0 Å². The number of benzene rings is 1. The van der Waals surface area contributed by atoms with Gasteiger partial charge >= 0.3 is 0 Å². The van der Waals surface area contributed by atoms with E-state index in [0.29, 0.717) is 17.7 Å². The van der Waals surface area contributed by atoms with Crippen molar-refractivity contribution in [3.8, 4) is 0 Å². The molecule has 29 heavy (non-hydrogen) atoms. The molecule has 1 aliphatic heterocycles. The van der Waals surface area contributed by atoms with E-state index in [2.05, 4.69) is 54.3 Å². The van der Waals surface area contributed by atoms with Gasteiger partial charge in [-0.25, -0.2) is 0 Å². The summed E-state index contributed by atoms with van der Waals surface area (Å²) in [6.45, 7) is 11.7. The summed E-state index contributed by atoms with van der Waals surface area (Å²) < 4.78 is 0. The minimum absolute atomic E-state index is 0.0254. The molecule has 0 atom stereocenters. The minimum atomic E-state index is 0.0254. The van der Waals surface area contributed by atoms with E-state index in [4.69, 9.17) is 23.8 Å². The maximum absolute atomic E-state index is 6.31. The molecule has 2 N–H and O–H groups in total. The van der Waals surface area contributed by atoms with Gasteiger partial charge in [0.1, 0.15) is 0 Å². The van der Waals surface area contributed by atoms with E-state index in [1.165, 1.54) is 0 Å². The molecule has 2 heterocycles. The van der Waals surface area contributed by atoms with Crippen molar-refractivity contribution in [1.82, 2.24) is 15.2 Å². The SMILES string of the molecule is Cc1ccc(NC(=S)N(Cc2ccccn2)C2CC(C)(C)NC(C)(C)C2)cc1Cl. The van der Waals surface area contributed by atoms with Gasteiger partial charge in [-0.05, 0) is 89.5 Å². The Morgan fingerprint density at radius 2 is 1.90 bits per heavy atom. The van der Waals surface area contributed by atoms with Crippen LogP contribution in [0.2, 0.25) is 5.02 Å². The monoisotopic (exact) mass is 430 g/mol. The number of hydrogen-bond acceptors (Lipinski definition) is 3. The van der Waals surface area contributed by atoms with Gasteiger partial charge in [0, 0.05) is 34.0 Å². The standard InChI is InChI=1S/C23H31ClN4S/c1-16-9-10-17(12-20(16)24)26-21(29)28(15-18-8-6-7-11-25-18)19-13-22(2,3)27-23(4,5)14-19/h6-12,19,27H,13-15H2,1-5H3,(H,26,29). The Morgan fingerprint density at radius 3 is 2.48 bits per heavy atom. The first-order valence-corrected chi connectivity index (χ1v) is 10.9. The number of piperidine rings is 1. The van der Waals surface area contributed by atoms with Crippen LogP contribution in [0, 0.1) is 6.92 Å². The van der Waals surface area contributed by atoms with Crippen LogP contribution in [0.1, 0.15) is 51.8 Å². The molecule has 0 amide bonds. The Kier molecular flexibility index (Phi) is 6.51. The average Bonchev–Trinajstić information content (AvgIpc) is 2.61. The molecular weight excluding hydrogens is 400 g/mol. The third-order valence-electron chi connectivity index (χ3n) is 5.35. The molecule has 0 saturated carbocycles. The summed E-state index contributed by atoms with van der Waals surface area (Å²) in [5, 5.41) is 8.60. The van der Waals surface area contributed by atoms with Crippen LogP contribution in [-0.2, 0) is 6.54 Å². The highest BCUT2D eigenvalue weighted by Crippen LogP contribution is 2.33. The van der Waals surface area contributed by atoms with Gasteiger partial charge in [0.25, 0.3) is 0 Å². The van der Waals surface area contributed by atoms with Crippen LogP contribution < -0.4 is 10.6 Å². The van der Waals surface area contributed by atoms with Crippen molar-refractivity contribution in [1.29, 1.82) is 0 Å². The number of rotatable bonds is 4. The number of thiocarbonyl (C=S) groups is 1. The zero-order chi connectivity index (χ0) is 21.2. The van der Waals surface area contributed by atoms with Crippen LogP contribution in [0.15, 0.2) is 42.6 Å². The van der Waals surface area contributed by atoms with Crippen LogP contribution in [0.3, 0.4) is 0 Å². The lowest BCUT2D eigenvalue weighted by Gasteiger charge is -2.50. The molecule has 6 heteroatoms. The van der Waals surface area contributed by atoms with Crippen molar-refractivity contribution in [3.05, 3.63) is 58.9 Å². The summed E-state index contributed by atoms with van der Waals surface area (Å²) in [6, 6.07) is 12.3. The number of nitrogens with zero attached hydrogens (tertiary/aromatic N) is 2. The molecule has 0 spiro atoms. The molecule has 1 aromatic heterocycles. The van der Waals surface area contributed by atoms with Crippen LogP contribution in [0.5, 0.6) is 0 Å². The molecule has 1 aromatic carbocycles. The summed E-state index contributed by atoms with van der Waals surface area (Å²) in [5.41, 5.74) is 3.02. The minimum Gasteiger partial charge on any atom is -0.340 e. The van der Waals surface area contributed by atoms with E-state index in [-0.39, 0.29) is 11.1 Å². The second-order valence-electron chi connectivity index (χ2n) is 9.30. The second-order valence-corrected chi connectivity index (χ2v) is 10.1.